The molecule has 0 aliphatic heterocycles. The molecule has 120 valence electrons. The van der Waals surface area contributed by atoms with E-state index in [0.717, 1.165) is 5.56 Å². The number of hydrogen-bond acceptors (Lipinski definition) is 2. The lowest BCUT2D eigenvalue weighted by molar-refractivity contribution is 0.0950. The second-order valence-corrected chi connectivity index (χ2v) is 5.97. The Kier molecular flexibility index (Phi) is 5.52. The molecule has 0 atom stereocenters. The third kappa shape index (κ3) is 4.68. The van der Waals surface area contributed by atoms with Gasteiger partial charge in [-0.05, 0) is 37.1 Å². The lowest BCUT2D eigenvalue weighted by atomic mass is 10.1. The van der Waals surface area contributed by atoms with Crippen molar-refractivity contribution in [3.8, 4) is 0 Å². The van der Waals surface area contributed by atoms with Crippen LogP contribution in [0.2, 0.25) is 0 Å². The van der Waals surface area contributed by atoms with Crippen molar-refractivity contribution >= 4 is 17.5 Å². The van der Waals surface area contributed by atoms with Crippen molar-refractivity contribution in [1.29, 1.82) is 0 Å². The first-order valence-electron chi connectivity index (χ1n) is 7.72. The largest absolute Gasteiger partial charge is 0.352 e. The standard InChI is InChI=1S/C19H22N2O2/c1-13(2)12-20-19(23)16-9-4-5-10-17(16)21-18(22)15-8-6-7-14(3)11-15/h4-11,13H,12H2,1-3H3,(H,20,23)(H,21,22). The first kappa shape index (κ1) is 16.7. The summed E-state index contributed by atoms with van der Waals surface area (Å²) in [7, 11) is 0. The number of anilines is 1. The molecule has 0 fully saturated rings. The van der Waals surface area contributed by atoms with E-state index < -0.39 is 0 Å². The van der Waals surface area contributed by atoms with Gasteiger partial charge in [-0.2, -0.15) is 0 Å². The summed E-state index contributed by atoms with van der Waals surface area (Å²) in [6.45, 7) is 6.60. The number of benzene rings is 2. The van der Waals surface area contributed by atoms with Gasteiger partial charge in [-0.3, -0.25) is 9.59 Å². The smallest absolute Gasteiger partial charge is 0.255 e. The summed E-state index contributed by atoms with van der Waals surface area (Å²) in [5.74, 6) is -0.0374. The van der Waals surface area contributed by atoms with Gasteiger partial charge in [0.2, 0.25) is 0 Å². The second kappa shape index (κ2) is 7.58. The second-order valence-electron chi connectivity index (χ2n) is 5.97. The zero-order valence-corrected chi connectivity index (χ0v) is 13.7. The topological polar surface area (TPSA) is 58.2 Å². The first-order valence-corrected chi connectivity index (χ1v) is 7.72. The van der Waals surface area contributed by atoms with Crippen LogP contribution in [0.4, 0.5) is 5.69 Å². The Hall–Kier alpha value is -2.62. The predicted octanol–water partition coefficient (Wildman–Crippen LogP) is 3.63. The molecule has 23 heavy (non-hydrogen) atoms. The molecule has 0 unspecified atom stereocenters. The van der Waals surface area contributed by atoms with Gasteiger partial charge in [0.05, 0.1) is 11.3 Å². The Morgan fingerprint density at radius 1 is 1.00 bits per heavy atom. The molecule has 0 aromatic heterocycles. The van der Waals surface area contributed by atoms with E-state index in [1.807, 2.05) is 39.0 Å². The van der Waals surface area contributed by atoms with Crippen LogP contribution in [0.5, 0.6) is 0 Å². The first-order chi connectivity index (χ1) is 11.0. The maximum absolute atomic E-state index is 12.4. The fraction of sp³-hybridized carbons (Fsp3) is 0.263. The molecule has 2 rings (SSSR count). The van der Waals surface area contributed by atoms with Gasteiger partial charge in [0.25, 0.3) is 11.8 Å². The SMILES string of the molecule is Cc1cccc(C(=O)Nc2ccccc2C(=O)NCC(C)C)c1. The van der Waals surface area contributed by atoms with E-state index in [4.69, 9.17) is 0 Å². The highest BCUT2D eigenvalue weighted by molar-refractivity contribution is 6.09. The molecule has 4 nitrogen and oxygen atoms in total. The van der Waals surface area contributed by atoms with Crippen LogP contribution >= 0.6 is 0 Å². The summed E-state index contributed by atoms with van der Waals surface area (Å²) >= 11 is 0. The Morgan fingerprint density at radius 3 is 2.43 bits per heavy atom. The third-order valence-electron chi connectivity index (χ3n) is 3.37. The minimum atomic E-state index is -0.224. The summed E-state index contributed by atoms with van der Waals surface area (Å²) < 4.78 is 0. The molecule has 0 saturated carbocycles. The van der Waals surface area contributed by atoms with Gasteiger partial charge < -0.3 is 10.6 Å². The summed E-state index contributed by atoms with van der Waals surface area (Å²) in [5, 5.41) is 5.69. The zero-order valence-electron chi connectivity index (χ0n) is 13.7. The number of carbonyl (C=O) groups excluding carboxylic acids is 2. The van der Waals surface area contributed by atoms with E-state index in [9.17, 15) is 9.59 Å². The summed E-state index contributed by atoms with van der Waals surface area (Å²) in [4.78, 5) is 24.6. The maximum Gasteiger partial charge on any atom is 0.255 e. The van der Waals surface area contributed by atoms with Crippen LogP contribution in [-0.2, 0) is 0 Å². The van der Waals surface area contributed by atoms with E-state index in [1.54, 1.807) is 30.3 Å². The molecule has 2 amide bonds. The summed E-state index contributed by atoms with van der Waals surface area (Å²) in [5.41, 5.74) is 2.57. The average Bonchev–Trinajstić information content (AvgIpc) is 2.53. The molecule has 0 saturated heterocycles. The molecule has 4 heteroatoms. The number of nitrogens with one attached hydrogen (secondary N) is 2. The van der Waals surface area contributed by atoms with E-state index in [2.05, 4.69) is 10.6 Å². The Bertz CT molecular complexity index is 708. The fourth-order valence-corrected chi connectivity index (χ4v) is 2.16. The van der Waals surface area contributed by atoms with E-state index in [1.165, 1.54) is 0 Å². The van der Waals surface area contributed by atoms with Gasteiger partial charge in [-0.25, -0.2) is 0 Å². The van der Waals surface area contributed by atoms with Crippen LogP contribution in [0.25, 0.3) is 0 Å². The number of carbonyl (C=O) groups is 2. The Labute approximate surface area is 136 Å². The highest BCUT2D eigenvalue weighted by Gasteiger charge is 2.14. The van der Waals surface area contributed by atoms with Crippen molar-refractivity contribution < 1.29 is 9.59 Å². The van der Waals surface area contributed by atoms with E-state index >= 15 is 0 Å². The van der Waals surface area contributed by atoms with Crippen LogP contribution in [0.3, 0.4) is 0 Å². The number of rotatable bonds is 5. The van der Waals surface area contributed by atoms with Crippen molar-refractivity contribution in [3.05, 3.63) is 65.2 Å². The average molecular weight is 310 g/mol. The van der Waals surface area contributed by atoms with Crippen LogP contribution in [0.1, 0.15) is 40.1 Å². The van der Waals surface area contributed by atoms with Gasteiger partial charge in [0.1, 0.15) is 0 Å². The maximum atomic E-state index is 12.4. The monoisotopic (exact) mass is 310 g/mol. The van der Waals surface area contributed by atoms with Crippen LogP contribution < -0.4 is 10.6 Å². The summed E-state index contributed by atoms with van der Waals surface area (Å²) in [6.07, 6.45) is 0. The van der Waals surface area contributed by atoms with Crippen LogP contribution in [0, 0.1) is 12.8 Å². The van der Waals surface area contributed by atoms with Crippen molar-refractivity contribution in [1.82, 2.24) is 5.32 Å². The van der Waals surface area contributed by atoms with Crippen LogP contribution in [0.15, 0.2) is 48.5 Å². The third-order valence-corrected chi connectivity index (χ3v) is 3.37. The Balaban J connectivity index is 2.17. The molecule has 2 N–H and O–H groups in total. The van der Waals surface area contributed by atoms with Gasteiger partial charge in [-0.15, -0.1) is 0 Å². The minimum absolute atomic E-state index is 0.182. The number of para-hydroxylation sites is 1. The normalized spacial score (nSPS) is 10.4. The highest BCUT2D eigenvalue weighted by Crippen LogP contribution is 2.16. The lowest BCUT2D eigenvalue weighted by Gasteiger charge is -2.12. The molecule has 0 radical (unpaired) electrons. The molecular weight excluding hydrogens is 288 g/mol. The summed E-state index contributed by atoms with van der Waals surface area (Å²) in [6, 6.07) is 14.4. The molecule has 0 heterocycles. The molecular formula is C19H22N2O2. The zero-order chi connectivity index (χ0) is 16.8. The molecule has 0 spiro atoms. The van der Waals surface area contributed by atoms with E-state index in [0.29, 0.717) is 29.3 Å². The molecule has 0 aliphatic carbocycles. The van der Waals surface area contributed by atoms with Crippen molar-refractivity contribution in [3.63, 3.8) is 0 Å². The Morgan fingerprint density at radius 2 is 1.74 bits per heavy atom. The minimum Gasteiger partial charge on any atom is -0.352 e. The van der Waals surface area contributed by atoms with Gasteiger partial charge in [0, 0.05) is 12.1 Å². The quantitative estimate of drug-likeness (QED) is 0.886. The van der Waals surface area contributed by atoms with Crippen LogP contribution in [-0.4, -0.2) is 18.4 Å². The predicted molar refractivity (Wildman–Crippen MR) is 92.7 cm³/mol. The molecule has 2 aromatic carbocycles. The molecule has 0 aliphatic rings. The van der Waals surface area contributed by atoms with Gasteiger partial charge in [-0.1, -0.05) is 43.7 Å². The van der Waals surface area contributed by atoms with E-state index in [-0.39, 0.29) is 11.8 Å². The fourth-order valence-electron chi connectivity index (χ4n) is 2.16. The molecule has 0 bridgehead atoms. The van der Waals surface area contributed by atoms with Gasteiger partial charge >= 0.3 is 0 Å². The van der Waals surface area contributed by atoms with Gasteiger partial charge in [0.15, 0.2) is 0 Å². The van der Waals surface area contributed by atoms with Crippen molar-refractivity contribution in [2.75, 3.05) is 11.9 Å². The lowest BCUT2D eigenvalue weighted by Crippen LogP contribution is -2.28. The number of aryl methyl sites for hydroxylation is 1. The van der Waals surface area contributed by atoms with Crippen molar-refractivity contribution in [2.24, 2.45) is 5.92 Å². The highest BCUT2D eigenvalue weighted by atomic mass is 16.2. The number of amides is 2. The van der Waals surface area contributed by atoms with Crippen molar-refractivity contribution in [2.45, 2.75) is 20.8 Å². The number of hydrogen-bond donors (Lipinski definition) is 2. The molecule has 2 aromatic rings.